The first-order valence-electron chi connectivity index (χ1n) is 34.7. The minimum Gasteiger partial charge on any atom is -0.394 e. The number of carbonyl (C=O) groups excluding carboxylic acids is 1. The van der Waals surface area contributed by atoms with Crippen molar-refractivity contribution in [2.45, 2.75) is 362 Å². The highest BCUT2D eigenvalue weighted by Crippen LogP contribution is 2.33. The highest BCUT2D eigenvalue weighted by Gasteiger charge is 2.53. The van der Waals surface area contributed by atoms with E-state index < -0.39 is 124 Å². The van der Waals surface area contributed by atoms with E-state index >= 15 is 0 Å². The summed E-state index contributed by atoms with van der Waals surface area (Å²) in [6, 6.07) is -0.994. The first-order chi connectivity index (χ1) is 42.3. The summed E-state index contributed by atoms with van der Waals surface area (Å²) in [7, 11) is 0. The molecule has 0 aromatic carbocycles. The lowest BCUT2D eigenvalue weighted by molar-refractivity contribution is -0.379. The summed E-state index contributed by atoms with van der Waals surface area (Å²) < 4.78 is 34.3. The lowest BCUT2D eigenvalue weighted by Gasteiger charge is -2.48. The Morgan fingerprint density at radius 2 is 0.736 bits per heavy atom. The summed E-state index contributed by atoms with van der Waals surface area (Å²) in [6.07, 6.45) is 31.2. The number of rotatable bonds is 53. The normalized spacial score (nSPS) is 28.8. The fourth-order valence-corrected chi connectivity index (χ4v) is 11.8. The predicted octanol–water partition coefficient (Wildman–Crippen LogP) is 8.83. The Bertz CT molecular complexity index is 1720. The van der Waals surface area contributed by atoms with Gasteiger partial charge in [-0.05, 0) is 44.9 Å². The molecule has 0 aromatic rings. The van der Waals surface area contributed by atoms with E-state index in [0.29, 0.717) is 12.8 Å². The maximum absolute atomic E-state index is 13.4. The van der Waals surface area contributed by atoms with E-state index in [9.17, 15) is 61.0 Å². The maximum Gasteiger partial charge on any atom is 0.220 e. The molecule has 0 bridgehead atoms. The monoisotopic (exact) mass is 1240 g/mol. The number of unbranched alkanes of at least 4 members (excludes halogenated alkanes) is 33. The van der Waals surface area contributed by atoms with Crippen LogP contribution in [0, 0.1) is 0 Å². The smallest absolute Gasteiger partial charge is 0.220 e. The summed E-state index contributed by atoms with van der Waals surface area (Å²) in [5.41, 5.74) is 0. The number of hydrogen-bond donors (Lipinski definition) is 12. The van der Waals surface area contributed by atoms with Gasteiger partial charge in [-0.15, -0.1) is 0 Å². The molecule has 17 atom stereocenters. The van der Waals surface area contributed by atoms with Gasteiger partial charge in [-0.2, -0.15) is 0 Å². The molecule has 510 valence electrons. The second-order valence-corrected chi connectivity index (χ2v) is 25.0. The summed E-state index contributed by atoms with van der Waals surface area (Å²) in [6.45, 7) is 1.73. The lowest BCUT2D eigenvalue weighted by Crippen LogP contribution is -2.66. The minimum atomic E-state index is -1.98. The molecule has 3 rings (SSSR count). The van der Waals surface area contributed by atoms with Crippen LogP contribution in [0.4, 0.5) is 0 Å². The van der Waals surface area contributed by atoms with Gasteiger partial charge < -0.3 is 89.9 Å². The van der Waals surface area contributed by atoms with Crippen LogP contribution in [0.2, 0.25) is 0 Å². The van der Waals surface area contributed by atoms with Crippen LogP contribution in [0.3, 0.4) is 0 Å². The molecule has 0 spiro atoms. The number of hydrogen-bond acceptors (Lipinski definition) is 18. The van der Waals surface area contributed by atoms with Crippen LogP contribution in [-0.2, 0) is 33.2 Å². The van der Waals surface area contributed by atoms with Gasteiger partial charge in [-0.1, -0.05) is 243 Å². The third-order valence-electron chi connectivity index (χ3n) is 17.4. The van der Waals surface area contributed by atoms with Crippen LogP contribution < -0.4 is 5.32 Å². The number of nitrogens with one attached hydrogen (secondary N) is 1. The molecule has 19 heteroatoms. The van der Waals surface area contributed by atoms with Crippen LogP contribution >= 0.6 is 0 Å². The lowest BCUT2D eigenvalue weighted by atomic mass is 9.96. The molecule has 3 fully saturated rings. The molecule has 0 aromatic heterocycles. The van der Waals surface area contributed by atoms with Gasteiger partial charge in [0.05, 0.1) is 38.6 Å². The largest absolute Gasteiger partial charge is 0.394 e. The van der Waals surface area contributed by atoms with Crippen LogP contribution in [0.5, 0.6) is 0 Å². The first kappa shape index (κ1) is 79.2. The third kappa shape index (κ3) is 32.9. The van der Waals surface area contributed by atoms with Gasteiger partial charge in [-0.25, -0.2) is 0 Å². The van der Waals surface area contributed by atoms with Crippen molar-refractivity contribution in [3.8, 4) is 0 Å². The maximum atomic E-state index is 13.4. The SMILES string of the molecule is CCCCCCCCCCC/C=C/CC/C=C/CC/C=C/C(O)C(COC1OC(CO)C(OC2OC(CO)C(OC3OC(CO)C(O)C(O)C3O)C(O)C2O)C(O)C1O)NC(=O)CCCCCCCCCCCCCCCCCCCCCCCCC. The van der Waals surface area contributed by atoms with Gasteiger partial charge in [-0.3, -0.25) is 4.79 Å². The van der Waals surface area contributed by atoms with Gasteiger partial charge in [0, 0.05) is 6.42 Å². The van der Waals surface area contributed by atoms with Gasteiger partial charge in [0.2, 0.25) is 5.91 Å². The zero-order chi connectivity index (χ0) is 63.3. The number of allylic oxidation sites excluding steroid dienone is 5. The Labute approximate surface area is 523 Å². The molecule has 12 N–H and O–H groups in total. The number of ether oxygens (including phenoxy) is 6. The van der Waals surface area contributed by atoms with Crippen LogP contribution in [0.1, 0.15) is 258 Å². The molecular weight excluding hydrogens is 1120 g/mol. The topological polar surface area (TPSA) is 307 Å². The molecular formula is C68H125NO18. The van der Waals surface area contributed by atoms with Crippen molar-refractivity contribution in [2.75, 3.05) is 26.4 Å². The van der Waals surface area contributed by atoms with Crippen molar-refractivity contribution in [1.29, 1.82) is 0 Å². The highest BCUT2D eigenvalue weighted by atomic mass is 16.8. The van der Waals surface area contributed by atoms with Crippen LogP contribution in [-0.4, -0.2) is 193 Å². The van der Waals surface area contributed by atoms with E-state index in [1.54, 1.807) is 6.08 Å². The molecule has 3 aliphatic heterocycles. The van der Waals surface area contributed by atoms with Crippen molar-refractivity contribution >= 4 is 5.91 Å². The Morgan fingerprint density at radius 1 is 0.402 bits per heavy atom. The number of amides is 1. The fraction of sp³-hybridized carbons (Fsp3) is 0.897. The summed E-state index contributed by atoms with van der Waals surface area (Å²) in [4.78, 5) is 13.4. The Kier molecular flexibility index (Phi) is 46.0. The van der Waals surface area contributed by atoms with E-state index in [2.05, 4.69) is 43.5 Å². The first-order valence-corrected chi connectivity index (χ1v) is 34.7. The van der Waals surface area contributed by atoms with E-state index in [0.717, 1.165) is 44.9 Å². The quantitative estimate of drug-likeness (QED) is 0.0200. The van der Waals surface area contributed by atoms with Gasteiger partial charge in [0.15, 0.2) is 18.9 Å². The standard InChI is InChI=1S/C68H125NO18/c1-3-5-7-9-11-13-15-17-19-21-23-24-25-26-28-30-32-34-36-38-40-42-44-46-56(74)69-51(52(73)45-43-41-39-37-35-33-31-29-27-22-20-18-16-14-12-10-8-6-4-2)50-82-66-62(80)59(77)64(54(48-71)84-66)87-68-63(81)60(78)65(55(49-72)85-68)86-67-61(79)58(76)57(75)53(47-70)83-67/h27,29,35,37,43,45,51-55,57-68,70-73,75-81H,3-26,28,30-34,36,38-42,44,46-50H2,1-2H3,(H,69,74)/b29-27+,37-35+,45-43+. The van der Waals surface area contributed by atoms with Crippen LogP contribution in [0.25, 0.3) is 0 Å². The number of carbonyl (C=O) groups is 1. The van der Waals surface area contributed by atoms with E-state index in [-0.39, 0.29) is 18.9 Å². The number of aliphatic hydroxyl groups excluding tert-OH is 11. The minimum absolute atomic E-state index is 0.236. The van der Waals surface area contributed by atoms with E-state index in [1.165, 1.54) is 180 Å². The zero-order valence-corrected chi connectivity index (χ0v) is 53.8. The zero-order valence-electron chi connectivity index (χ0n) is 53.8. The molecule has 0 saturated carbocycles. The molecule has 0 aliphatic carbocycles. The molecule has 3 aliphatic rings. The van der Waals surface area contributed by atoms with Crippen molar-refractivity contribution in [3.05, 3.63) is 36.5 Å². The molecule has 17 unspecified atom stereocenters. The predicted molar refractivity (Wildman–Crippen MR) is 337 cm³/mol. The third-order valence-corrected chi connectivity index (χ3v) is 17.4. The molecule has 19 nitrogen and oxygen atoms in total. The summed E-state index contributed by atoms with van der Waals surface area (Å²) >= 11 is 0. The molecule has 87 heavy (non-hydrogen) atoms. The van der Waals surface area contributed by atoms with Crippen molar-refractivity contribution in [3.63, 3.8) is 0 Å². The highest BCUT2D eigenvalue weighted by molar-refractivity contribution is 5.76. The van der Waals surface area contributed by atoms with Gasteiger partial charge in [0.1, 0.15) is 73.2 Å². The van der Waals surface area contributed by atoms with Crippen molar-refractivity contribution < 1.29 is 89.4 Å². The second kappa shape index (κ2) is 50.6. The fourth-order valence-electron chi connectivity index (χ4n) is 11.8. The molecule has 3 saturated heterocycles. The Hall–Kier alpha value is -1.99. The van der Waals surface area contributed by atoms with Crippen LogP contribution in [0.15, 0.2) is 36.5 Å². The van der Waals surface area contributed by atoms with Gasteiger partial charge >= 0.3 is 0 Å². The average Bonchev–Trinajstić information content (AvgIpc) is 2.88. The van der Waals surface area contributed by atoms with Crippen molar-refractivity contribution in [2.24, 2.45) is 0 Å². The summed E-state index contributed by atoms with van der Waals surface area (Å²) in [5, 5.41) is 120. The van der Waals surface area contributed by atoms with Gasteiger partial charge in [0.25, 0.3) is 0 Å². The number of aliphatic hydroxyl groups is 11. The summed E-state index contributed by atoms with van der Waals surface area (Å²) in [5.74, 6) is -0.285. The average molecular weight is 1240 g/mol. The molecule has 0 radical (unpaired) electrons. The molecule has 1 amide bonds. The van der Waals surface area contributed by atoms with E-state index in [1.807, 2.05) is 6.08 Å². The molecule has 3 heterocycles. The van der Waals surface area contributed by atoms with Crippen molar-refractivity contribution in [1.82, 2.24) is 5.32 Å². The Balaban J connectivity index is 1.46. The van der Waals surface area contributed by atoms with E-state index in [4.69, 9.17) is 28.4 Å². The Morgan fingerprint density at radius 3 is 1.15 bits per heavy atom. The second-order valence-electron chi connectivity index (χ2n) is 25.0.